The molecule has 0 atom stereocenters. The second-order valence-electron chi connectivity index (χ2n) is 5.29. The average Bonchev–Trinajstić information content (AvgIpc) is 2.29. The van der Waals surface area contributed by atoms with Crippen molar-refractivity contribution in [2.45, 2.75) is 65.4 Å². The minimum Gasteiger partial charge on any atom is -0.368 e. The number of Topliss-reactive ketones (excluding diaryl/α,β-unsaturated/α-hetero) is 1. The number of carbonyl (C=O) groups is 1. The summed E-state index contributed by atoms with van der Waals surface area (Å²) in [6.45, 7) is 9.13. The molecule has 2 heteroatoms. The lowest BCUT2D eigenvalue weighted by Crippen LogP contribution is -2.45. The first-order valence-electron chi connectivity index (χ1n) is 6.73. The molecule has 0 aromatic carbocycles. The Labute approximate surface area is 99.8 Å². The van der Waals surface area contributed by atoms with Crippen molar-refractivity contribution >= 4 is 5.78 Å². The third-order valence-electron chi connectivity index (χ3n) is 4.03. The molecule has 0 aliphatic heterocycles. The first kappa shape index (κ1) is 13.7. The Balaban J connectivity index is 2.66. The molecule has 0 saturated heterocycles. The Morgan fingerprint density at radius 1 is 1.31 bits per heavy atom. The lowest BCUT2D eigenvalue weighted by molar-refractivity contribution is -0.150. The van der Waals surface area contributed by atoms with Gasteiger partial charge in [0.05, 0.1) is 0 Å². The van der Waals surface area contributed by atoms with E-state index in [1.807, 2.05) is 13.8 Å². The van der Waals surface area contributed by atoms with Gasteiger partial charge in [0.25, 0.3) is 0 Å². The van der Waals surface area contributed by atoms with Crippen LogP contribution in [0.4, 0.5) is 0 Å². The fraction of sp³-hybridized carbons (Fsp3) is 0.929. The number of hydrogen-bond donors (Lipinski definition) is 0. The Kier molecular flexibility index (Phi) is 4.97. The van der Waals surface area contributed by atoms with E-state index in [4.69, 9.17) is 4.74 Å². The summed E-state index contributed by atoms with van der Waals surface area (Å²) in [7, 11) is 0. The van der Waals surface area contributed by atoms with E-state index in [0.29, 0.717) is 18.8 Å². The van der Waals surface area contributed by atoms with Crippen molar-refractivity contribution < 1.29 is 9.53 Å². The van der Waals surface area contributed by atoms with Gasteiger partial charge in [-0.05, 0) is 44.4 Å². The third kappa shape index (κ3) is 2.85. The molecule has 0 amide bonds. The molecule has 0 N–H and O–H groups in total. The molecule has 1 saturated carbocycles. The number of hydrogen-bond acceptors (Lipinski definition) is 2. The topological polar surface area (TPSA) is 26.3 Å². The summed E-state index contributed by atoms with van der Waals surface area (Å²) in [5, 5.41) is 0. The Morgan fingerprint density at radius 3 is 2.25 bits per heavy atom. The van der Waals surface area contributed by atoms with Crippen LogP contribution in [0.1, 0.15) is 59.8 Å². The van der Waals surface area contributed by atoms with Crippen LogP contribution in [0.25, 0.3) is 0 Å². The second-order valence-corrected chi connectivity index (χ2v) is 5.29. The largest absolute Gasteiger partial charge is 0.368 e. The van der Waals surface area contributed by atoms with Crippen LogP contribution in [-0.2, 0) is 9.53 Å². The molecule has 1 aliphatic rings. The molecule has 0 heterocycles. The molecule has 0 unspecified atom stereocenters. The van der Waals surface area contributed by atoms with E-state index in [0.717, 1.165) is 37.5 Å². The van der Waals surface area contributed by atoms with Gasteiger partial charge in [0.15, 0.2) is 5.78 Å². The van der Waals surface area contributed by atoms with Gasteiger partial charge in [0.1, 0.15) is 5.60 Å². The average molecular weight is 226 g/mol. The van der Waals surface area contributed by atoms with E-state index in [1.165, 1.54) is 0 Å². The van der Waals surface area contributed by atoms with Gasteiger partial charge in [0, 0.05) is 13.0 Å². The molecule has 0 aromatic rings. The number of ether oxygens (including phenoxy) is 1. The van der Waals surface area contributed by atoms with Crippen molar-refractivity contribution in [3.8, 4) is 0 Å². The van der Waals surface area contributed by atoms with Gasteiger partial charge < -0.3 is 4.74 Å². The minimum absolute atomic E-state index is 0.302. The number of carbonyl (C=O) groups excluding carboxylic acids is 1. The molecule has 1 rings (SSSR count). The van der Waals surface area contributed by atoms with Crippen molar-refractivity contribution in [2.75, 3.05) is 6.61 Å². The Bertz CT molecular complexity index is 225. The van der Waals surface area contributed by atoms with Gasteiger partial charge in [-0.25, -0.2) is 0 Å². The number of ketones is 1. The van der Waals surface area contributed by atoms with E-state index in [-0.39, 0.29) is 0 Å². The molecule has 0 spiro atoms. The van der Waals surface area contributed by atoms with Crippen LogP contribution in [0.2, 0.25) is 0 Å². The van der Waals surface area contributed by atoms with Crippen LogP contribution in [0, 0.1) is 11.8 Å². The van der Waals surface area contributed by atoms with E-state index in [9.17, 15) is 4.79 Å². The fourth-order valence-electron chi connectivity index (χ4n) is 2.88. The summed E-state index contributed by atoms with van der Waals surface area (Å²) < 4.78 is 5.80. The smallest absolute Gasteiger partial charge is 0.164 e. The van der Waals surface area contributed by atoms with Crippen molar-refractivity contribution in [1.29, 1.82) is 0 Å². The van der Waals surface area contributed by atoms with Crippen molar-refractivity contribution in [3.63, 3.8) is 0 Å². The van der Waals surface area contributed by atoms with Crippen LogP contribution in [0.15, 0.2) is 0 Å². The monoisotopic (exact) mass is 226 g/mol. The van der Waals surface area contributed by atoms with Crippen molar-refractivity contribution in [1.82, 2.24) is 0 Å². The van der Waals surface area contributed by atoms with Gasteiger partial charge in [-0.2, -0.15) is 0 Å². The first-order valence-corrected chi connectivity index (χ1v) is 6.73. The molecule has 94 valence electrons. The molecule has 0 aromatic heterocycles. The molecule has 0 radical (unpaired) electrons. The zero-order valence-corrected chi connectivity index (χ0v) is 11.2. The van der Waals surface area contributed by atoms with Crippen LogP contribution >= 0.6 is 0 Å². The zero-order valence-electron chi connectivity index (χ0n) is 11.2. The summed E-state index contributed by atoms with van der Waals surface area (Å²) in [4.78, 5) is 12.0. The van der Waals surface area contributed by atoms with Gasteiger partial charge in [-0.15, -0.1) is 0 Å². The van der Waals surface area contributed by atoms with Crippen LogP contribution in [0.5, 0.6) is 0 Å². The fourth-order valence-corrected chi connectivity index (χ4v) is 2.88. The van der Waals surface area contributed by atoms with Gasteiger partial charge in [-0.1, -0.05) is 20.8 Å². The van der Waals surface area contributed by atoms with Gasteiger partial charge in [-0.3, -0.25) is 4.79 Å². The van der Waals surface area contributed by atoms with E-state index < -0.39 is 5.60 Å². The summed E-state index contributed by atoms with van der Waals surface area (Å²) in [6.07, 6.45) is 4.74. The maximum absolute atomic E-state index is 12.0. The van der Waals surface area contributed by atoms with E-state index in [1.54, 1.807) is 0 Å². The summed E-state index contributed by atoms with van der Waals surface area (Å²) in [6, 6.07) is 0. The normalized spacial score (nSPS) is 30.7. The molecular formula is C14H26O2. The third-order valence-corrected chi connectivity index (χ3v) is 4.03. The standard InChI is InChI=1S/C14H26O2/c1-5-13(15)14(16-6-2)9-7-12(8-10-14)11(3)4/h11-12H,5-10H2,1-4H3. The Morgan fingerprint density at radius 2 is 1.88 bits per heavy atom. The molecular weight excluding hydrogens is 200 g/mol. The number of rotatable bonds is 5. The Hall–Kier alpha value is -0.370. The molecule has 1 aliphatic carbocycles. The van der Waals surface area contributed by atoms with Crippen LogP contribution in [-0.4, -0.2) is 18.0 Å². The zero-order chi connectivity index (χ0) is 12.2. The first-order chi connectivity index (χ1) is 7.55. The highest BCUT2D eigenvalue weighted by atomic mass is 16.5. The maximum Gasteiger partial charge on any atom is 0.164 e. The van der Waals surface area contributed by atoms with Crippen LogP contribution < -0.4 is 0 Å². The SMILES string of the molecule is CCOC1(C(=O)CC)CCC(C(C)C)CC1. The van der Waals surface area contributed by atoms with Gasteiger partial charge in [0.2, 0.25) is 0 Å². The predicted molar refractivity (Wildman–Crippen MR) is 66.5 cm³/mol. The highest BCUT2D eigenvalue weighted by Gasteiger charge is 2.41. The maximum atomic E-state index is 12.0. The highest BCUT2D eigenvalue weighted by Crippen LogP contribution is 2.39. The summed E-state index contributed by atoms with van der Waals surface area (Å²) >= 11 is 0. The van der Waals surface area contributed by atoms with E-state index >= 15 is 0 Å². The minimum atomic E-state index is -0.436. The predicted octanol–water partition coefficient (Wildman–Crippen LogP) is 3.59. The van der Waals surface area contributed by atoms with Gasteiger partial charge >= 0.3 is 0 Å². The van der Waals surface area contributed by atoms with Crippen molar-refractivity contribution in [3.05, 3.63) is 0 Å². The quantitative estimate of drug-likeness (QED) is 0.716. The summed E-state index contributed by atoms with van der Waals surface area (Å²) in [5.74, 6) is 1.81. The molecule has 16 heavy (non-hydrogen) atoms. The van der Waals surface area contributed by atoms with Crippen molar-refractivity contribution in [2.24, 2.45) is 11.8 Å². The molecule has 0 bridgehead atoms. The van der Waals surface area contributed by atoms with E-state index in [2.05, 4.69) is 13.8 Å². The lowest BCUT2D eigenvalue weighted by Gasteiger charge is -2.39. The molecule has 2 nitrogen and oxygen atoms in total. The second kappa shape index (κ2) is 5.81. The highest BCUT2D eigenvalue weighted by molar-refractivity contribution is 5.87. The molecule has 1 fully saturated rings. The van der Waals surface area contributed by atoms with Crippen LogP contribution in [0.3, 0.4) is 0 Å². The lowest BCUT2D eigenvalue weighted by atomic mass is 9.72. The summed E-state index contributed by atoms with van der Waals surface area (Å²) in [5.41, 5.74) is -0.436.